The van der Waals surface area contributed by atoms with Gasteiger partial charge in [-0.3, -0.25) is 0 Å². The summed E-state index contributed by atoms with van der Waals surface area (Å²) in [5.41, 5.74) is 3.20. The van der Waals surface area contributed by atoms with Gasteiger partial charge in [0.1, 0.15) is 17.2 Å². The molecule has 2 aromatic carbocycles. The maximum atomic E-state index is 14.2. The van der Waals surface area contributed by atoms with E-state index < -0.39 is 5.82 Å². The number of benzene rings is 2. The zero-order valence-corrected chi connectivity index (χ0v) is 15.5. The summed E-state index contributed by atoms with van der Waals surface area (Å²) in [6.45, 7) is 2.25. The Morgan fingerprint density at radius 1 is 1.11 bits per heavy atom. The molecule has 0 radical (unpaired) electrons. The fourth-order valence-corrected chi connectivity index (χ4v) is 2.88. The lowest BCUT2D eigenvalue weighted by Crippen LogP contribution is -2.06. The molecule has 0 atom stereocenters. The second-order valence-electron chi connectivity index (χ2n) is 6.15. The lowest BCUT2D eigenvalue weighted by atomic mass is 10.1. The van der Waals surface area contributed by atoms with Gasteiger partial charge in [0.05, 0.1) is 6.61 Å². The van der Waals surface area contributed by atoms with E-state index in [-0.39, 0.29) is 18.2 Å². The van der Waals surface area contributed by atoms with Crippen LogP contribution < -0.4 is 0 Å². The average molecular weight is 379 g/mol. The smallest absolute Gasteiger partial charge is 0.280 e. The monoisotopic (exact) mass is 379 g/mol. The number of nitrogens with zero attached hydrogens (tertiary/aromatic N) is 5. The lowest BCUT2D eigenvalue weighted by molar-refractivity contribution is 0.179. The van der Waals surface area contributed by atoms with Crippen LogP contribution >= 0.6 is 0 Å². The summed E-state index contributed by atoms with van der Waals surface area (Å²) in [6.07, 6.45) is 0.956. The second kappa shape index (κ2) is 7.69. The first kappa shape index (κ1) is 18.0. The summed E-state index contributed by atoms with van der Waals surface area (Å²) in [7, 11) is 1.54. The average Bonchev–Trinajstić information content (AvgIpc) is 3.36. The van der Waals surface area contributed by atoms with Crippen LogP contribution in [0.15, 0.2) is 53.1 Å². The van der Waals surface area contributed by atoms with Crippen molar-refractivity contribution in [3.63, 3.8) is 0 Å². The molecule has 0 bridgehead atoms. The molecule has 0 amide bonds. The first-order valence-corrected chi connectivity index (χ1v) is 8.83. The van der Waals surface area contributed by atoms with E-state index in [2.05, 4.69) is 27.4 Å². The maximum absolute atomic E-state index is 14.2. The molecular formula is C20H18FN5O2. The highest BCUT2D eigenvalue weighted by atomic mass is 19.1. The molecule has 0 unspecified atom stereocenters. The summed E-state index contributed by atoms with van der Waals surface area (Å²) in [5, 5.41) is 12.2. The molecule has 8 heteroatoms. The van der Waals surface area contributed by atoms with Gasteiger partial charge in [-0.25, -0.2) is 9.07 Å². The Labute approximate surface area is 160 Å². The molecule has 0 aliphatic heterocycles. The minimum atomic E-state index is -0.418. The van der Waals surface area contributed by atoms with Crippen LogP contribution in [0.5, 0.6) is 0 Å². The normalized spacial score (nSPS) is 11.1. The topological polar surface area (TPSA) is 78.9 Å². The predicted molar refractivity (Wildman–Crippen MR) is 100 cm³/mol. The van der Waals surface area contributed by atoms with Crippen LogP contribution in [0.4, 0.5) is 4.39 Å². The van der Waals surface area contributed by atoms with E-state index in [0.29, 0.717) is 17.2 Å². The van der Waals surface area contributed by atoms with Gasteiger partial charge in [0.2, 0.25) is 5.82 Å². The molecule has 0 fully saturated rings. The fourth-order valence-electron chi connectivity index (χ4n) is 2.88. The van der Waals surface area contributed by atoms with Gasteiger partial charge in [-0.15, -0.1) is 5.10 Å². The highest BCUT2D eigenvalue weighted by Crippen LogP contribution is 2.26. The van der Waals surface area contributed by atoms with Crippen molar-refractivity contribution < 1.29 is 13.7 Å². The first-order chi connectivity index (χ1) is 13.7. The van der Waals surface area contributed by atoms with Crippen molar-refractivity contribution >= 4 is 0 Å². The molecule has 0 saturated heterocycles. The van der Waals surface area contributed by atoms with Crippen molar-refractivity contribution in [1.29, 1.82) is 0 Å². The van der Waals surface area contributed by atoms with Crippen LogP contribution in [0.2, 0.25) is 0 Å². The summed E-state index contributed by atoms with van der Waals surface area (Å²) >= 11 is 0. The van der Waals surface area contributed by atoms with E-state index in [4.69, 9.17) is 9.26 Å². The number of hydrogen-bond donors (Lipinski definition) is 0. The Balaban J connectivity index is 1.73. The zero-order chi connectivity index (χ0) is 19.5. The number of rotatable bonds is 6. The molecule has 0 aliphatic rings. The Bertz CT molecular complexity index is 1090. The number of aryl methyl sites for hydroxylation is 1. The van der Waals surface area contributed by atoms with Crippen molar-refractivity contribution in [3.05, 3.63) is 65.6 Å². The summed E-state index contributed by atoms with van der Waals surface area (Å²) in [5.74, 6) is 0.226. The van der Waals surface area contributed by atoms with E-state index >= 15 is 0 Å². The largest absolute Gasteiger partial charge is 0.378 e. The molecule has 2 aromatic heterocycles. The molecule has 7 nitrogen and oxygen atoms in total. The molecule has 0 spiro atoms. The van der Waals surface area contributed by atoms with Crippen LogP contribution in [0.3, 0.4) is 0 Å². The van der Waals surface area contributed by atoms with Crippen LogP contribution in [-0.4, -0.2) is 32.2 Å². The number of ether oxygens (including phenoxy) is 1. The van der Waals surface area contributed by atoms with Crippen LogP contribution in [0.25, 0.3) is 28.7 Å². The van der Waals surface area contributed by atoms with Gasteiger partial charge in [0.25, 0.3) is 5.89 Å². The van der Waals surface area contributed by atoms with Crippen molar-refractivity contribution in [2.24, 2.45) is 0 Å². The zero-order valence-electron chi connectivity index (χ0n) is 15.5. The molecule has 2 heterocycles. The minimum Gasteiger partial charge on any atom is -0.378 e. The number of aromatic nitrogens is 5. The molecule has 28 heavy (non-hydrogen) atoms. The van der Waals surface area contributed by atoms with Crippen molar-refractivity contribution in [2.75, 3.05) is 7.11 Å². The number of halogens is 1. The van der Waals surface area contributed by atoms with Crippen LogP contribution in [0.1, 0.15) is 18.2 Å². The van der Waals surface area contributed by atoms with Gasteiger partial charge in [0.15, 0.2) is 5.69 Å². The third-order valence-corrected chi connectivity index (χ3v) is 4.37. The second-order valence-corrected chi connectivity index (χ2v) is 6.15. The summed E-state index contributed by atoms with van der Waals surface area (Å²) < 4.78 is 26.3. The van der Waals surface area contributed by atoms with E-state index in [1.54, 1.807) is 18.2 Å². The van der Waals surface area contributed by atoms with Crippen LogP contribution in [-0.2, 0) is 17.8 Å². The Morgan fingerprint density at radius 3 is 2.61 bits per heavy atom. The summed E-state index contributed by atoms with van der Waals surface area (Å²) in [4.78, 5) is 4.44. The number of methoxy groups -OCH3 is 1. The fraction of sp³-hybridized carbons (Fsp3) is 0.200. The minimum absolute atomic E-state index is 0.152. The SMILES string of the molecule is CCc1ccc(-c2noc(-c3nnn(-c4ccccc4F)c3COC)n2)cc1. The molecular weight excluding hydrogens is 361 g/mol. The Morgan fingerprint density at radius 2 is 1.89 bits per heavy atom. The highest BCUT2D eigenvalue weighted by molar-refractivity contribution is 5.59. The third kappa shape index (κ3) is 3.29. The molecule has 0 aliphatic carbocycles. The van der Waals surface area contributed by atoms with Crippen LogP contribution in [0, 0.1) is 5.82 Å². The van der Waals surface area contributed by atoms with Gasteiger partial charge >= 0.3 is 0 Å². The molecule has 4 aromatic rings. The Kier molecular flexibility index (Phi) is 4.94. The van der Waals surface area contributed by atoms with Gasteiger partial charge in [-0.05, 0) is 24.1 Å². The van der Waals surface area contributed by atoms with Crippen molar-refractivity contribution in [1.82, 2.24) is 25.1 Å². The van der Waals surface area contributed by atoms with Crippen molar-refractivity contribution in [2.45, 2.75) is 20.0 Å². The van der Waals surface area contributed by atoms with Crippen molar-refractivity contribution in [3.8, 4) is 28.7 Å². The van der Waals surface area contributed by atoms with Gasteiger partial charge in [-0.1, -0.05) is 53.7 Å². The van der Waals surface area contributed by atoms with E-state index in [1.807, 2.05) is 24.3 Å². The van der Waals surface area contributed by atoms with Gasteiger partial charge in [-0.2, -0.15) is 4.98 Å². The lowest BCUT2D eigenvalue weighted by Gasteiger charge is -2.06. The first-order valence-electron chi connectivity index (χ1n) is 8.83. The number of para-hydroxylation sites is 1. The molecule has 4 rings (SSSR count). The molecule has 142 valence electrons. The standard InChI is InChI=1S/C20H18FN5O2/c1-3-13-8-10-14(11-9-13)19-22-20(28-24-19)18-17(12-27-2)26(25-23-18)16-7-5-4-6-15(16)21/h4-11H,3,12H2,1-2H3. The maximum Gasteiger partial charge on any atom is 0.280 e. The summed E-state index contributed by atoms with van der Waals surface area (Å²) in [6, 6.07) is 14.2. The van der Waals surface area contributed by atoms with E-state index in [9.17, 15) is 4.39 Å². The Hall–Kier alpha value is -3.39. The van der Waals surface area contributed by atoms with E-state index in [1.165, 1.54) is 23.4 Å². The quantitative estimate of drug-likeness (QED) is 0.507. The predicted octanol–water partition coefficient (Wildman–Crippen LogP) is 3.83. The van der Waals surface area contributed by atoms with Gasteiger partial charge in [0, 0.05) is 12.7 Å². The third-order valence-electron chi connectivity index (χ3n) is 4.37. The molecule has 0 N–H and O–H groups in total. The number of hydrogen-bond acceptors (Lipinski definition) is 6. The molecule has 0 saturated carbocycles. The highest BCUT2D eigenvalue weighted by Gasteiger charge is 2.22. The van der Waals surface area contributed by atoms with E-state index in [0.717, 1.165) is 12.0 Å². The van der Waals surface area contributed by atoms with Gasteiger partial charge < -0.3 is 9.26 Å².